The molecule has 104 valence electrons. The van der Waals surface area contributed by atoms with Crippen LogP contribution in [0.3, 0.4) is 0 Å². The number of oxime groups is 1. The van der Waals surface area contributed by atoms with Crippen molar-refractivity contribution in [2.45, 2.75) is 13.3 Å². The van der Waals surface area contributed by atoms with Crippen LogP contribution < -0.4 is 5.73 Å². The van der Waals surface area contributed by atoms with Gasteiger partial charge < -0.3 is 20.6 Å². The highest BCUT2D eigenvalue weighted by Crippen LogP contribution is 2.03. The number of nitrogens with zero attached hydrogens (tertiary/aromatic N) is 3. The molecule has 18 heavy (non-hydrogen) atoms. The van der Waals surface area contributed by atoms with Crippen LogP contribution in [0.4, 0.5) is 0 Å². The van der Waals surface area contributed by atoms with Crippen LogP contribution in [0.1, 0.15) is 13.3 Å². The molecular formula is C11H22N4O3. The molecule has 1 aliphatic rings. The molecular weight excluding hydrogens is 236 g/mol. The van der Waals surface area contributed by atoms with Gasteiger partial charge in [0, 0.05) is 32.8 Å². The number of nitrogens with two attached hydrogens (primary N) is 1. The van der Waals surface area contributed by atoms with E-state index in [4.69, 9.17) is 15.7 Å². The predicted molar refractivity (Wildman–Crippen MR) is 67.5 cm³/mol. The van der Waals surface area contributed by atoms with E-state index in [0.29, 0.717) is 39.3 Å². The molecule has 7 heteroatoms. The smallest absolute Gasteiger partial charge is 0.224 e. The van der Waals surface area contributed by atoms with Gasteiger partial charge in [-0.05, 0) is 6.92 Å². The first-order valence-corrected chi connectivity index (χ1v) is 6.21. The maximum Gasteiger partial charge on any atom is 0.224 e. The molecule has 1 saturated heterocycles. The Morgan fingerprint density at radius 3 is 2.61 bits per heavy atom. The highest BCUT2D eigenvalue weighted by molar-refractivity contribution is 5.81. The summed E-state index contributed by atoms with van der Waals surface area (Å²) in [5.74, 6) is 0.331. The fraction of sp³-hybridized carbons (Fsp3) is 0.818. The van der Waals surface area contributed by atoms with E-state index in [0.717, 1.165) is 13.1 Å². The molecule has 0 radical (unpaired) electrons. The molecule has 1 rings (SSSR count). The molecule has 7 nitrogen and oxygen atoms in total. The third kappa shape index (κ3) is 4.89. The van der Waals surface area contributed by atoms with Gasteiger partial charge in [-0.25, -0.2) is 0 Å². The van der Waals surface area contributed by atoms with E-state index in [9.17, 15) is 4.79 Å². The quantitative estimate of drug-likeness (QED) is 0.216. The topological polar surface area (TPSA) is 91.4 Å². The Labute approximate surface area is 107 Å². The van der Waals surface area contributed by atoms with Gasteiger partial charge in [0.05, 0.1) is 19.6 Å². The van der Waals surface area contributed by atoms with Crippen molar-refractivity contribution in [3.63, 3.8) is 0 Å². The third-order valence-corrected chi connectivity index (χ3v) is 2.90. The van der Waals surface area contributed by atoms with Gasteiger partial charge in [0.1, 0.15) is 0 Å². The zero-order valence-corrected chi connectivity index (χ0v) is 10.8. The maximum atomic E-state index is 11.8. The van der Waals surface area contributed by atoms with Crippen molar-refractivity contribution in [2.75, 3.05) is 45.9 Å². The van der Waals surface area contributed by atoms with Gasteiger partial charge in [0.25, 0.3) is 0 Å². The Kier molecular flexibility index (Phi) is 6.45. The lowest BCUT2D eigenvalue weighted by atomic mass is 10.2. The van der Waals surface area contributed by atoms with Gasteiger partial charge >= 0.3 is 0 Å². The molecule has 1 heterocycles. The van der Waals surface area contributed by atoms with E-state index < -0.39 is 0 Å². The first kappa shape index (κ1) is 14.7. The molecule has 0 saturated carbocycles. The number of amides is 1. The molecule has 0 aromatic rings. The second-order valence-corrected chi connectivity index (χ2v) is 4.20. The average Bonchev–Trinajstić information content (AvgIpc) is 2.39. The van der Waals surface area contributed by atoms with Gasteiger partial charge in [-0.1, -0.05) is 5.16 Å². The van der Waals surface area contributed by atoms with E-state index in [1.165, 1.54) is 0 Å². The number of hydrogen-bond acceptors (Lipinski definition) is 5. The molecule has 0 unspecified atom stereocenters. The second-order valence-electron chi connectivity index (χ2n) is 4.20. The van der Waals surface area contributed by atoms with Crippen LogP contribution in [0, 0.1) is 0 Å². The monoisotopic (exact) mass is 258 g/mol. The summed E-state index contributed by atoms with van der Waals surface area (Å²) >= 11 is 0. The van der Waals surface area contributed by atoms with Crippen LogP contribution in [-0.4, -0.2) is 72.7 Å². The number of rotatable bonds is 6. The van der Waals surface area contributed by atoms with E-state index >= 15 is 0 Å². The highest BCUT2D eigenvalue weighted by atomic mass is 16.5. The lowest BCUT2D eigenvalue weighted by Gasteiger charge is -2.34. The Morgan fingerprint density at radius 1 is 1.39 bits per heavy atom. The van der Waals surface area contributed by atoms with Gasteiger partial charge in [0.15, 0.2) is 5.84 Å². The van der Waals surface area contributed by atoms with Gasteiger partial charge in [-0.15, -0.1) is 0 Å². The van der Waals surface area contributed by atoms with Crippen LogP contribution in [0.15, 0.2) is 5.16 Å². The van der Waals surface area contributed by atoms with Crippen LogP contribution in [0.5, 0.6) is 0 Å². The fourth-order valence-electron chi connectivity index (χ4n) is 1.88. The summed E-state index contributed by atoms with van der Waals surface area (Å²) < 4.78 is 5.17. The number of carbonyl (C=O) groups excluding carboxylic acids is 1. The molecule has 1 fully saturated rings. The van der Waals surface area contributed by atoms with Crippen molar-refractivity contribution in [3.05, 3.63) is 0 Å². The molecule has 0 aromatic heterocycles. The number of ether oxygens (including phenoxy) is 1. The standard InChI is InChI=1S/C11H22N4O3/c1-2-18-8-3-11(16)15-6-4-14(5-7-15)9-10(12)13-17/h17H,2-9H2,1H3,(H2,12,13). The minimum absolute atomic E-state index is 0.131. The van der Waals surface area contributed by atoms with E-state index in [-0.39, 0.29) is 11.7 Å². The predicted octanol–water partition coefficient (Wildman–Crippen LogP) is -0.696. The first-order valence-electron chi connectivity index (χ1n) is 6.21. The SMILES string of the molecule is CCOCCC(=O)N1CCN(CC(N)=NO)CC1. The second kappa shape index (κ2) is 7.88. The Morgan fingerprint density at radius 2 is 2.06 bits per heavy atom. The highest BCUT2D eigenvalue weighted by Gasteiger charge is 2.21. The number of hydrogen-bond donors (Lipinski definition) is 2. The number of piperazine rings is 1. The first-order chi connectivity index (χ1) is 8.67. The maximum absolute atomic E-state index is 11.8. The number of carbonyl (C=O) groups is 1. The van der Waals surface area contributed by atoms with Crippen LogP contribution >= 0.6 is 0 Å². The summed E-state index contributed by atoms with van der Waals surface area (Å²) in [7, 11) is 0. The van der Waals surface area contributed by atoms with Gasteiger partial charge in [-0.3, -0.25) is 9.69 Å². The van der Waals surface area contributed by atoms with Gasteiger partial charge in [-0.2, -0.15) is 0 Å². The molecule has 0 spiro atoms. The van der Waals surface area contributed by atoms with E-state index in [1.807, 2.05) is 11.8 Å². The Hall–Kier alpha value is -1.34. The van der Waals surface area contributed by atoms with Crippen LogP contribution in [0.25, 0.3) is 0 Å². The van der Waals surface area contributed by atoms with Crippen molar-refractivity contribution in [3.8, 4) is 0 Å². The van der Waals surface area contributed by atoms with Crippen molar-refractivity contribution in [1.82, 2.24) is 9.80 Å². The van der Waals surface area contributed by atoms with Crippen LogP contribution in [-0.2, 0) is 9.53 Å². The minimum Gasteiger partial charge on any atom is -0.409 e. The van der Waals surface area contributed by atoms with E-state index in [2.05, 4.69) is 10.1 Å². The molecule has 1 aliphatic heterocycles. The van der Waals surface area contributed by atoms with Crippen molar-refractivity contribution >= 4 is 11.7 Å². The summed E-state index contributed by atoms with van der Waals surface area (Å²) in [5.41, 5.74) is 5.44. The summed E-state index contributed by atoms with van der Waals surface area (Å²) in [4.78, 5) is 15.7. The zero-order chi connectivity index (χ0) is 13.4. The lowest BCUT2D eigenvalue weighted by molar-refractivity contribution is -0.133. The summed E-state index contributed by atoms with van der Waals surface area (Å²) in [6.45, 7) is 6.34. The summed E-state index contributed by atoms with van der Waals surface area (Å²) in [5, 5.41) is 11.4. The Bertz CT molecular complexity index is 288. The van der Waals surface area contributed by atoms with Crippen molar-refractivity contribution in [2.24, 2.45) is 10.9 Å². The fourth-order valence-corrected chi connectivity index (χ4v) is 1.88. The summed E-state index contributed by atoms with van der Waals surface area (Å²) in [6.07, 6.45) is 0.439. The lowest BCUT2D eigenvalue weighted by Crippen LogP contribution is -2.50. The van der Waals surface area contributed by atoms with Crippen molar-refractivity contribution < 1.29 is 14.7 Å². The average molecular weight is 258 g/mol. The molecule has 1 amide bonds. The normalized spacial score (nSPS) is 18.1. The van der Waals surface area contributed by atoms with E-state index in [1.54, 1.807) is 0 Å². The molecule has 0 aliphatic carbocycles. The molecule has 0 bridgehead atoms. The van der Waals surface area contributed by atoms with Crippen molar-refractivity contribution in [1.29, 1.82) is 0 Å². The summed E-state index contributed by atoms with van der Waals surface area (Å²) in [6, 6.07) is 0. The largest absolute Gasteiger partial charge is 0.409 e. The molecule has 0 aromatic carbocycles. The number of amidine groups is 1. The van der Waals surface area contributed by atoms with Crippen LogP contribution in [0.2, 0.25) is 0 Å². The zero-order valence-electron chi connectivity index (χ0n) is 10.8. The minimum atomic E-state index is 0.131. The molecule has 0 atom stereocenters. The third-order valence-electron chi connectivity index (χ3n) is 2.90. The Balaban J connectivity index is 2.24. The molecule has 3 N–H and O–H groups in total. The van der Waals surface area contributed by atoms with Gasteiger partial charge in [0.2, 0.25) is 5.91 Å².